The van der Waals surface area contributed by atoms with Gasteiger partial charge < -0.3 is 5.32 Å². The van der Waals surface area contributed by atoms with Crippen molar-refractivity contribution in [2.24, 2.45) is 0 Å². The predicted molar refractivity (Wildman–Crippen MR) is 79.8 cm³/mol. The Morgan fingerprint density at radius 1 is 1.27 bits per heavy atom. The molecular formula is C14H17N7O. The van der Waals surface area contributed by atoms with E-state index >= 15 is 0 Å². The van der Waals surface area contributed by atoms with Gasteiger partial charge in [-0.3, -0.25) is 4.79 Å². The molecule has 8 nitrogen and oxygen atoms in total. The number of hydrogen-bond donors (Lipinski definition) is 1. The molecule has 114 valence electrons. The maximum Gasteiger partial charge on any atom is 0.244 e. The highest BCUT2D eigenvalue weighted by molar-refractivity contribution is 5.77. The highest BCUT2D eigenvalue weighted by Gasteiger charge is 2.16. The molecule has 1 atom stereocenters. The molecule has 0 radical (unpaired) electrons. The van der Waals surface area contributed by atoms with Gasteiger partial charge in [-0.25, -0.2) is 9.67 Å². The summed E-state index contributed by atoms with van der Waals surface area (Å²) >= 11 is 0. The molecule has 1 N–H and O–H groups in total. The van der Waals surface area contributed by atoms with E-state index < -0.39 is 0 Å². The Morgan fingerprint density at radius 3 is 2.59 bits per heavy atom. The van der Waals surface area contributed by atoms with Crippen LogP contribution in [0.1, 0.15) is 25.7 Å². The molecule has 0 aliphatic carbocycles. The second kappa shape index (κ2) is 5.92. The third-order valence-corrected chi connectivity index (χ3v) is 3.32. The summed E-state index contributed by atoms with van der Waals surface area (Å²) in [6, 6.07) is 7.29. The number of fused-ring (bicyclic) bond motifs is 1. The molecule has 2 aromatic heterocycles. The monoisotopic (exact) mass is 299 g/mol. The fourth-order valence-electron chi connectivity index (χ4n) is 2.31. The molecule has 22 heavy (non-hydrogen) atoms. The van der Waals surface area contributed by atoms with Gasteiger partial charge in [0.25, 0.3) is 0 Å². The van der Waals surface area contributed by atoms with Crippen LogP contribution in [0.4, 0.5) is 0 Å². The highest BCUT2D eigenvalue weighted by atomic mass is 16.2. The van der Waals surface area contributed by atoms with E-state index in [1.54, 1.807) is 4.68 Å². The molecule has 3 rings (SSSR count). The minimum absolute atomic E-state index is 0.0687. The number of carbonyl (C=O) groups is 1. The van der Waals surface area contributed by atoms with Gasteiger partial charge in [-0.2, -0.15) is 20.1 Å². The van der Waals surface area contributed by atoms with Gasteiger partial charge in [-0.05, 0) is 26.0 Å². The van der Waals surface area contributed by atoms with E-state index in [1.807, 2.05) is 38.1 Å². The zero-order valence-electron chi connectivity index (χ0n) is 12.5. The van der Waals surface area contributed by atoms with E-state index in [4.69, 9.17) is 0 Å². The van der Waals surface area contributed by atoms with Gasteiger partial charge in [0, 0.05) is 6.54 Å². The van der Waals surface area contributed by atoms with Crippen LogP contribution >= 0.6 is 0 Å². The number of nitrogens with one attached hydrogen (secondary N) is 1. The van der Waals surface area contributed by atoms with Crippen molar-refractivity contribution >= 4 is 16.9 Å². The average molecular weight is 299 g/mol. The minimum atomic E-state index is -0.222. The molecule has 0 aliphatic heterocycles. The van der Waals surface area contributed by atoms with Crippen LogP contribution < -0.4 is 5.32 Å². The fraction of sp³-hybridized carbons (Fsp3) is 0.357. The van der Waals surface area contributed by atoms with Gasteiger partial charge in [0.2, 0.25) is 5.91 Å². The molecule has 0 unspecified atom stereocenters. The average Bonchev–Trinajstić information content (AvgIpc) is 3.12. The number of amides is 1. The number of nitrogens with zero attached hydrogens (tertiary/aromatic N) is 6. The topological polar surface area (TPSA) is 90.5 Å². The molecule has 0 aliphatic rings. The van der Waals surface area contributed by atoms with Crippen LogP contribution in [0, 0.1) is 0 Å². The van der Waals surface area contributed by atoms with E-state index in [9.17, 15) is 4.79 Å². The molecule has 0 spiro atoms. The second-order valence-corrected chi connectivity index (χ2v) is 4.94. The standard InChI is InChI=1S/C14H17N7O/c1-3-20-14(15-9-16-20)10(2)17-13(22)8-21-18-11-6-4-5-7-12(11)19-21/h4-7,9-10H,3,8H2,1-2H3,(H,17,22)/t10-/m1/s1. The van der Waals surface area contributed by atoms with Crippen LogP contribution in [0.5, 0.6) is 0 Å². The lowest BCUT2D eigenvalue weighted by atomic mass is 10.3. The van der Waals surface area contributed by atoms with Crippen LogP contribution in [-0.2, 0) is 17.9 Å². The Labute approximate surface area is 127 Å². The zero-order valence-corrected chi connectivity index (χ0v) is 12.5. The number of carbonyl (C=O) groups excluding carboxylic acids is 1. The van der Waals surface area contributed by atoms with Crippen molar-refractivity contribution in [1.82, 2.24) is 35.1 Å². The van der Waals surface area contributed by atoms with Gasteiger partial charge in [0.05, 0.1) is 6.04 Å². The van der Waals surface area contributed by atoms with Crippen molar-refractivity contribution in [2.75, 3.05) is 0 Å². The molecule has 1 aromatic carbocycles. The second-order valence-electron chi connectivity index (χ2n) is 4.94. The van der Waals surface area contributed by atoms with Gasteiger partial charge in [-0.15, -0.1) is 0 Å². The summed E-state index contributed by atoms with van der Waals surface area (Å²) in [7, 11) is 0. The molecule has 0 fully saturated rings. The number of aromatic nitrogens is 6. The molecule has 0 saturated carbocycles. The SMILES string of the molecule is CCn1ncnc1[C@@H](C)NC(=O)Cn1nc2ccccc2n1. The number of hydrogen-bond acceptors (Lipinski definition) is 5. The first-order valence-electron chi connectivity index (χ1n) is 7.14. The number of aryl methyl sites for hydroxylation is 1. The van der Waals surface area contributed by atoms with E-state index in [0.717, 1.165) is 16.9 Å². The largest absolute Gasteiger partial charge is 0.345 e. The molecule has 1 amide bonds. The van der Waals surface area contributed by atoms with Crippen molar-refractivity contribution in [3.63, 3.8) is 0 Å². The smallest absolute Gasteiger partial charge is 0.244 e. The summed E-state index contributed by atoms with van der Waals surface area (Å²) in [6.45, 7) is 4.63. The Hall–Kier alpha value is -2.77. The van der Waals surface area contributed by atoms with Crippen molar-refractivity contribution in [2.45, 2.75) is 33.0 Å². The number of benzene rings is 1. The van der Waals surface area contributed by atoms with Crippen LogP contribution in [0.3, 0.4) is 0 Å². The fourth-order valence-corrected chi connectivity index (χ4v) is 2.31. The lowest BCUT2D eigenvalue weighted by Gasteiger charge is -2.13. The summed E-state index contributed by atoms with van der Waals surface area (Å²) in [4.78, 5) is 17.7. The summed E-state index contributed by atoms with van der Waals surface area (Å²) in [5.74, 6) is 0.563. The Kier molecular flexibility index (Phi) is 3.82. The molecular weight excluding hydrogens is 282 g/mol. The first-order valence-corrected chi connectivity index (χ1v) is 7.14. The Morgan fingerprint density at radius 2 is 1.95 bits per heavy atom. The minimum Gasteiger partial charge on any atom is -0.345 e. The van der Waals surface area contributed by atoms with Gasteiger partial charge in [-0.1, -0.05) is 12.1 Å². The first kappa shape index (κ1) is 14.2. The normalized spacial score (nSPS) is 12.5. The predicted octanol–water partition coefficient (Wildman–Crippen LogP) is 0.920. The van der Waals surface area contributed by atoms with E-state index in [1.165, 1.54) is 11.1 Å². The van der Waals surface area contributed by atoms with Gasteiger partial charge >= 0.3 is 0 Å². The Balaban J connectivity index is 1.67. The highest BCUT2D eigenvalue weighted by Crippen LogP contribution is 2.09. The quantitative estimate of drug-likeness (QED) is 0.756. The lowest BCUT2D eigenvalue weighted by Crippen LogP contribution is -2.32. The van der Waals surface area contributed by atoms with Crippen LogP contribution in [-0.4, -0.2) is 35.7 Å². The third-order valence-electron chi connectivity index (χ3n) is 3.32. The van der Waals surface area contributed by atoms with Crippen LogP contribution in [0.2, 0.25) is 0 Å². The zero-order chi connectivity index (χ0) is 15.5. The van der Waals surface area contributed by atoms with Gasteiger partial charge in [0.1, 0.15) is 29.7 Å². The molecule has 3 aromatic rings. The summed E-state index contributed by atoms with van der Waals surface area (Å²) < 4.78 is 1.76. The van der Waals surface area contributed by atoms with Crippen LogP contribution in [0.25, 0.3) is 11.0 Å². The lowest BCUT2D eigenvalue weighted by molar-refractivity contribution is -0.122. The maximum atomic E-state index is 12.1. The van der Waals surface area contributed by atoms with E-state index in [-0.39, 0.29) is 18.5 Å². The van der Waals surface area contributed by atoms with Crippen molar-refractivity contribution in [3.05, 3.63) is 36.4 Å². The first-order chi connectivity index (χ1) is 10.7. The van der Waals surface area contributed by atoms with Crippen molar-refractivity contribution < 1.29 is 4.79 Å². The molecule has 8 heteroatoms. The van der Waals surface area contributed by atoms with Gasteiger partial charge in [0.15, 0.2) is 0 Å². The molecule has 2 heterocycles. The molecule has 0 bridgehead atoms. The third kappa shape index (κ3) is 2.80. The molecule has 0 saturated heterocycles. The van der Waals surface area contributed by atoms with Crippen LogP contribution in [0.15, 0.2) is 30.6 Å². The van der Waals surface area contributed by atoms with E-state index in [2.05, 4.69) is 25.6 Å². The summed E-state index contributed by atoms with van der Waals surface area (Å²) in [5, 5.41) is 15.5. The van der Waals surface area contributed by atoms with Crippen molar-refractivity contribution in [3.8, 4) is 0 Å². The van der Waals surface area contributed by atoms with Crippen molar-refractivity contribution in [1.29, 1.82) is 0 Å². The Bertz CT molecular complexity index is 758. The summed E-state index contributed by atoms with van der Waals surface area (Å²) in [5.41, 5.74) is 1.54. The summed E-state index contributed by atoms with van der Waals surface area (Å²) in [6.07, 6.45) is 1.49. The number of rotatable bonds is 5. The maximum absolute atomic E-state index is 12.1. The van der Waals surface area contributed by atoms with E-state index in [0.29, 0.717) is 6.54 Å².